The van der Waals surface area contributed by atoms with Crippen molar-refractivity contribution >= 4 is 29.9 Å². The number of hydrogen-bond donors (Lipinski definition) is 2. The number of benzene rings is 1. The van der Waals surface area contributed by atoms with Crippen LogP contribution < -0.4 is 20.1 Å². The fourth-order valence-corrected chi connectivity index (χ4v) is 4.32. The number of hydrogen-bond acceptors (Lipinski definition) is 4. The summed E-state index contributed by atoms with van der Waals surface area (Å²) in [5.41, 5.74) is 1.24. The number of aliphatic imine (C=N–C) groups is 1. The summed E-state index contributed by atoms with van der Waals surface area (Å²) in [5.74, 6) is 2.60. The van der Waals surface area contributed by atoms with Crippen molar-refractivity contribution < 1.29 is 9.47 Å². The van der Waals surface area contributed by atoms with Crippen LogP contribution in [0.5, 0.6) is 11.5 Å². The van der Waals surface area contributed by atoms with Gasteiger partial charge in [0.1, 0.15) is 0 Å². The normalized spacial score (nSPS) is 22.7. The molecule has 2 heterocycles. The van der Waals surface area contributed by atoms with Crippen LogP contribution in [0.25, 0.3) is 0 Å². The molecule has 1 atom stereocenters. The number of nitrogens with zero attached hydrogens (tertiary/aromatic N) is 2. The van der Waals surface area contributed by atoms with Gasteiger partial charge in [-0.1, -0.05) is 18.9 Å². The Hall–Kier alpha value is -1.22. The number of halogens is 1. The van der Waals surface area contributed by atoms with Crippen molar-refractivity contribution in [1.29, 1.82) is 0 Å². The lowest BCUT2D eigenvalue weighted by atomic mass is 10.1. The third-order valence-electron chi connectivity index (χ3n) is 5.77. The minimum Gasteiger partial charge on any atom is -0.454 e. The second-order valence-corrected chi connectivity index (χ2v) is 7.50. The van der Waals surface area contributed by atoms with Gasteiger partial charge in [-0.15, -0.1) is 24.0 Å². The van der Waals surface area contributed by atoms with Gasteiger partial charge in [0, 0.05) is 38.8 Å². The smallest absolute Gasteiger partial charge is 0.231 e. The van der Waals surface area contributed by atoms with Gasteiger partial charge in [-0.3, -0.25) is 9.89 Å². The highest BCUT2D eigenvalue weighted by atomic mass is 127. The highest BCUT2D eigenvalue weighted by molar-refractivity contribution is 14.0. The molecule has 0 amide bonds. The zero-order valence-corrected chi connectivity index (χ0v) is 18.4. The van der Waals surface area contributed by atoms with Gasteiger partial charge in [0.15, 0.2) is 17.5 Å². The summed E-state index contributed by atoms with van der Waals surface area (Å²) in [6.07, 6.45) is 7.71. The van der Waals surface area contributed by atoms with E-state index in [2.05, 4.69) is 32.7 Å². The maximum Gasteiger partial charge on any atom is 0.231 e. The van der Waals surface area contributed by atoms with Crippen LogP contribution in [0.1, 0.15) is 37.7 Å². The molecule has 6 nitrogen and oxygen atoms in total. The van der Waals surface area contributed by atoms with E-state index in [4.69, 9.17) is 9.47 Å². The maximum atomic E-state index is 5.45. The van der Waals surface area contributed by atoms with Crippen LogP contribution in [0.4, 0.5) is 0 Å². The molecule has 3 aliphatic rings. The first-order valence-corrected chi connectivity index (χ1v) is 9.91. The van der Waals surface area contributed by atoms with E-state index >= 15 is 0 Å². The molecule has 0 bridgehead atoms. The van der Waals surface area contributed by atoms with Crippen LogP contribution in [-0.4, -0.2) is 56.4 Å². The van der Waals surface area contributed by atoms with Gasteiger partial charge in [0.2, 0.25) is 6.79 Å². The second kappa shape index (κ2) is 9.82. The lowest BCUT2D eigenvalue weighted by Crippen LogP contribution is -2.45. The minimum atomic E-state index is 0. The monoisotopic (exact) mass is 486 g/mol. The summed E-state index contributed by atoms with van der Waals surface area (Å²) in [5, 5.41) is 7.04. The number of likely N-dealkylation sites (tertiary alicyclic amines) is 1. The molecule has 4 rings (SSSR count). The third kappa shape index (κ3) is 5.19. The Balaban J connectivity index is 0.00000210. The van der Waals surface area contributed by atoms with Crippen LogP contribution in [0.15, 0.2) is 23.2 Å². The molecule has 1 aromatic carbocycles. The molecule has 1 aliphatic carbocycles. The lowest BCUT2D eigenvalue weighted by Gasteiger charge is -2.24. The van der Waals surface area contributed by atoms with E-state index in [9.17, 15) is 0 Å². The van der Waals surface area contributed by atoms with Gasteiger partial charge in [-0.25, -0.2) is 0 Å². The van der Waals surface area contributed by atoms with E-state index in [1.165, 1.54) is 44.2 Å². The van der Waals surface area contributed by atoms with Crippen LogP contribution >= 0.6 is 24.0 Å². The summed E-state index contributed by atoms with van der Waals surface area (Å²) in [4.78, 5) is 7.07. The highest BCUT2D eigenvalue weighted by Crippen LogP contribution is 2.32. The summed E-state index contributed by atoms with van der Waals surface area (Å²) in [6.45, 7) is 3.54. The summed E-state index contributed by atoms with van der Waals surface area (Å²) >= 11 is 0. The fourth-order valence-electron chi connectivity index (χ4n) is 4.32. The van der Waals surface area contributed by atoms with Crippen molar-refractivity contribution in [2.24, 2.45) is 4.99 Å². The molecule has 1 unspecified atom stereocenters. The van der Waals surface area contributed by atoms with E-state index in [0.29, 0.717) is 12.8 Å². The van der Waals surface area contributed by atoms with Gasteiger partial charge in [0.25, 0.3) is 0 Å². The lowest BCUT2D eigenvalue weighted by molar-refractivity contribution is 0.174. The summed E-state index contributed by atoms with van der Waals surface area (Å²) < 4.78 is 10.8. The summed E-state index contributed by atoms with van der Waals surface area (Å²) in [7, 11) is 1.85. The van der Waals surface area contributed by atoms with Crippen molar-refractivity contribution in [3.63, 3.8) is 0 Å². The average Bonchev–Trinajstić information content (AvgIpc) is 3.40. The first kappa shape index (κ1) is 20.5. The Kier molecular flexibility index (Phi) is 7.46. The quantitative estimate of drug-likeness (QED) is 0.381. The van der Waals surface area contributed by atoms with Crippen molar-refractivity contribution in [1.82, 2.24) is 15.5 Å². The number of guanidine groups is 1. The van der Waals surface area contributed by atoms with Crippen LogP contribution in [-0.2, 0) is 6.42 Å². The van der Waals surface area contributed by atoms with Gasteiger partial charge >= 0.3 is 0 Å². The first-order chi connectivity index (χ1) is 12.8. The molecule has 0 aromatic heterocycles. The molecule has 1 aromatic rings. The van der Waals surface area contributed by atoms with Gasteiger partial charge in [-0.05, 0) is 43.4 Å². The molecule has 0 spiro atoms. The molecule has 150 valence electrons. The fraction of sp³-hybridized carbons (Fsp3) is 0.650. The van der Waals surface area contributed by atoms with E-state index in [-0.39, 0.29) is 24.0 Å². The predicted molar refractivity (Wildman–Crippen MR) is 118 cm³/mol. The molecule has 1 saturated heterocycles. The van der Waals surface area contributed by atoms with Gasteiger partial charge < -0.3 is 20.1 Å². The van der Waals surface area contributed by atoms with Crippen LogP contribution in [0.2, 0.25) is 0 Å². The zero-order valence-electron chi connectivity index (χ0n) is 16.1. The van der Waals surface area contributed by atoms with E-state index in [1.54, 1.807) is 0 Å². The van der Waals surface area contributed by atoms with E-state index in [0.717, 1.165) is 43.0 Å². The molecule has 27 heavy (non-hydrogen) atoms. The Morgan fingerprint density at radius 3 is 2.81 bits per heavy atom. The maximum absolute atomic E-state index is 5.45. The Morgan fingerprint density at radius 1 is 1.19 bits per heavy atom. The largest absolute Gasteiger partial charge is 0.454 e. The minimum absolute atomic E-state index is 0. The van der Waals surface area contributed by atoms with Crippen molar-refractivity contribution in [2.45, 2.75) is 50.6 Å². The number of rotatable bonds is 5. The number of fused-ring (bicyclic) bond motifs is 1. The Morgan fingerprint density at radius 2 is 2.00 bits per heavy atom. The van der Waals surface area contributed by atoms with E-state index in [1.807, 2.05) is 13.1 Å². The highest BCUT2D eigenvalue weighted by Gasteiger charge is 2.30. The molecule has 2 N–H and O–H groups in total. The molecule has 2 aliphatic heterocycles. The first-order valence-electron chi connectivity index (χ1n) is 9.91. The van der Waals surface area contributed by atoms with Crippen molar-refractivity contribution in [3.05, 3.63) is 23.8 Å². The standard InChI is InChI=1S/C20H30N4O2.HI/c1-21-20(23-16-9-11-24(13-16)17-4-2-3-5-17)22-10-8-15-6-7-18-19(12-15)26-14-25-18;/h6-7,12,16-17H,2-5,8-11,13-14H2,1H3,(H2,21,22,23);1H. The van der Waals surface area contributed by atoms with Crippen LogP contribution in [0.3, 0.4) is 0 Å². The number of ether oxygens (including phenoxy) is 2. The molecule has 1 saturated carbocycles. The van der Waals surface area contributed by atoms with E-state index < -0.39 is 0 Å². The SMILES string of the molecule is CN=C(NCCc1ccc2c(c1)OCO2)NC1CCN(C2CCCC2)C1.I. The Bertz CT molecular complexity index is 649. The molecule has 7 heteroatoms. The zero-order chi connectivity index (χ0) is 17.8. The Labute approximate surface area is 179 Å². The van der Waals surface area contributed by atoms with Crippen molar-refractivity contribution in [3.8, 4) is 11.5 Å². The second-order valence-electron chi connectivity index (χ2n) is 7.50. The number of nitrogens with one attached hydrogen (secondary N) is 2. The third-order valence-corrected chi connectivity index (χ3v) is 5.77. The van der Waals surface area contributed by atoms with Gasteiger partial charge in [-0.2, -0.15) is 0 Å². The van der Waals surface area contributed by atoms with Gasteiger partial charge in [0.05, 0.1) is 0 Å². The van der Waals surface area contributed by atoms with Crippen molar-refractivity contribution in [2.75, 3.05) is 33.5 Å². The summed E-state index contributed by atoms with van der Waals surface area (Å²) in [6, 6.07) is 7.48. The van der Waals surface area contributed by atoms with Crippen LogP contribution in [0, 0.1) is 0 Å². The molecule has 2 fully saturated rings. The molecular weight excluding hydrogens is 455 g/mol. The topological polar surface area (TPSA) is 58.1 Å². The predicted octanol–water partition coefficient (Wildman–Crippen LogP) is 2.76. The average molecular weight is 486 g/mol. The molecule has 0 radical (unpaired) electrons. The molecular formula is C20H31IN4O2.